The molecule has 2 aliphatic heterocycles. The van der Waals surface area contributed by atoms with Gasteiger partial charge in [0.1, 0.15) is 54.6 Å². The Morgan fingerprint density at radius 1 is 0.806 bits per heavy atom. The maximum Gasteiger partial charge on any atom is 0.187 e. The average Bonchev–Trinajstić information content (AvgIpc) is 2.88. The summed E-state index contributed by atoms with van der Waals surface area (Å²) in [6.07, 6.45) is -14.6. The fraction of sp³-hybridized carbons (Fsp3) is 0.696. The molecule has 0 spiro atoms. The molecule has 3 rings (SSSR count). The van der Waals surface area contributed by atoms with Crippen molar-refractivity contribution < 1.29 is 64.2 Å². The van der Waals surface area contributed by atoms with E-state index in [0.29, 0.717) is 17.7 Å². The second-order valence-corrected chi connectivity index (χ2v) is 8.66. The van der Waals surface area contributed by atoms with Gasteiger partial charge in [-0.2, -0.15) is 0 Å². The lowest BCUT2D eigenvalue weighted by Crippen LogP contribution is -2.64. The Hall–Kier alpha value is -1.75. The van der Waals surface area contributed by atoms with E-state index in [-0.39, 0.29) is 19.0 Å². The van der Waals surface area contributed by atoms with E-state index < -0.39 is 74.6 Å². The number of carbonyl (C=O) groups is 1. The predicted molar refractivity (Wildman–Crippen MR) is 119 cm³/mol. The molecule has 10 atom stereocenters. The number of benzene rings is 1. The molecule has 1 aromatic rings. The van der Waals surface area contributed by atoms with Crippen LogP contribution >= 0.6 is 0 Å². The fourth-order valence-electron chi connectivity index (χ4n) is 3.93. The van der Waals surface area contributed by atoms with Gasteiger partial charge in [-0.1, -0.05) is 0 Å². The SMILES string of the molecule is CC(=O)c1ccc(OCCCO[C@@H]2O[C@H](CO)[C@@H](O[C@H]3O[C@H](CO)[C@@H](O)[C@H](O)[C@H]3O)[C@H](O)[C@H]2O)cc1. The number of hydrogen-bond acceptors (Lipinski definition) is 13. The molecule has 2 heterocycles. The van der Waals surface area contributed by atoms with Gasteiger partial charge in [0.05, 0.1) is 26.4 Å². The van der Waals surface area contributed by atoms with Gasteiger partial charge in [-0.25, -0.2) is 0 Å². The van der Waals surface area contributed by atoms with Crippen LogP contribution in [0.15, 0.2) is 24.3 Å². The third-order valence-electron chi connectivity index (χ3n) is 6.06. The van der Waals surface area contributed by atoms with Crippen molar-refractivity contribution in [2.45, 2.75) is 74.8 Å². The molecule has 204 valence electrons. The minimum absolute atomic E-state index is 0.0508. The summed E-state index contributed by atoms with van der Waals surface area (Å²) >= 11 is 0. The van der Waals surface area contributed by atoms with Crippen molar-refractivity contribution in [3.05, 3.63) is 29.8 Å². The van der Waals surface area contributed by atoms with Gasteiger partial charge in [0, 0.05) is 12.0 Å². The van der Waals surface area contributed by atoms with Gasteiger partial charge in [0.25, 0.3) is 0 Å². The summed E-state index contributed by atoms with van der Waals surface area (Å²) in [5.74, 6) is 0.517. The molecule has 0 amide bonds. The largest absolute Gasteiger partial charge is 0.494 e. The average molecular weight is 519 g/mol. The molecule has 0 bridgehead atoms. The van der Waals surface area contributed by atoms with Crippen molar-refractivity contribution >= 4 is 5.78 Å². The summed E-state index contributed by atoms with van der Waals surface area (Å²) < 4.78 is 27.4. The Labute approximate surface area is 207 Å². The van der Waals surface area contributed by atoms with Crippen LogP contribution in [0.3, 0.4) is 0 Å². The lowest BCUT2D eigenvalue weighted by Gasteiger charge is -2.45. The summed E-state index contributed by atoms with van der Waals surface area (Å²) in [4.78, 5) is 11.3. The summed E-state index contributed by atoms with van der Waals surface area (Å²) in [5, 5.41) is 70.1. The van der Waals surface area contributed by atoms with Gasteiger partial charge in [0.2, 0.25) is 0 Å². The van der Waals surface area contributed by atoms with Gasteiger partial charge >= 0.3 is 0 Å². The van der Waals surface area contributed by atoms with Crippen molar-refractivity contribution in [2.24, 2.45) is 0 Å². The highest BCUT2D eigenvalue weighted by molar-refractivity contribution is 5.94. The van der Waals surface area contributed by atoms with Gasteiger partial charge < -0.3 is 59.4 Å². The Morgan fingerprint density at radius 3 is 2.03 bits per heavy atom. The van der Waals surface area contributed by atoms with Crippen molar-refractivity contribution in [3.8, 4) is 5.75 Å². The fourth-order valence-corrected chi connectivity index (χ4v) is 3.93. The maximum absolute atomic E-state index is 11.3. The van der Waals surface area contributed by atoms with E-state index in [2.05, 4.69) is 0 Å². The monoisotopic (exact) mass is 518 g/mol. The first-order chi connectivity index (χ1) is 17.2. The van der Waals surface area contributed by atoms with E-state index in [9.17, 15) is 40.5 Å². The number of carbonyl (C=O) groups excluding carboxylic acids is 1. The zero-order valence-corrected chi connectivity index (χ0v) is 19.7. The number of ether oxygens (including phenoxy) is 5. The van der Waals surface area contributed by atoms with Crippen LogP contribution in [0.1, 0.15) is 23.7 Å². The van der Waals surface area contributed by atoms with Crippen LogP contribution in [0.2, 0.25) is 0 Å². The highest BCUT2D eigenvalue weighted by Crippen LogP contribution is 2.29. The van der Waals surface area contributed by atoms with Crippen LogP contribution < -0.4 is 4.74 Å². The molecule has 13 nitrogen and oxygen atoms in total. The van der Waals surface area contributed by atoms with Crippen LogP contribution in [0, 0.1) is 0 Å². The summed E-state index contributed by atoms with van der Waals surface area (Å²) in [6, 6.07) is 6.64. The molecule has 2 fully saturated rings. The predicted octanol–water partition coefficient (Wildman–Crippen LogP) is -2.70. The van der Waals surface area contributed by atoms with E-state index in [1.807, 2.05) is 0 Å². The van der Waals surface area contributed by atoms with Crippen molar-refractivity contribution in [1.29, 1.82) is 0 Å². The minimum atomic E-state index is -1.74. The first kappa shape index (κ1) is 28.8. The van der Waals surface area contributed by atoms with Crippen LogP contribution in [0.5, 0.6) is 5.75 Å². The Bertz CT molecular complexity index is 817. The number of Topliss-reactive ketones (excluding diaryl/α,β-unsaturated/α-hetero) is 1. The highest BCUT2D eigenvalue weighted by Gasteiger charge is 2.50. The Kier molecular flexibility index (Phi) is 10.5. The van der Waals surface area contributed by atoms with E-state index in [0.717, 1.165) is 0 Å². The van der Waals surface area contributed by atoms with Gasteiger partial charge in [0.15, 0.2) is 18.4 Å². The highest BCUT2D eigenvalue weighted by atomic mass is 16.7. The third-order valence-corrected chi connectivity index (χ3v) is 6.06. The van der Waals surface area contributed by atoms with Crippen molar-refractivity contribution in [1.82, 2.24) is 0 Å². The number of ketones is 1. The normalized spacial score (nSPS) is 37.0. The lowest BCUT2D eigenvalue weighted by atomic mass is 9.97. The molecule has 2 aliphatic rings. The molecule has 0 radical (unpaired) electrons. The standard InChI is InChI=1S/C23H34O13/c1-11(26)12-3-5-13(6-4-12)32-7-2-8-33-22-20(31)18(29)21(15(10-25)35-22)36-23-19(30)17(28)16(27)14(9-24)34-23/h3-6,14-25,27-31H,2,7-10H2,1H3/t14-,15-,16-,17+,18-,19-,20-,21-,22-,23-/m1/s1. The first-order valence-corrected chi connectivity index (χ1v) is 11.6. The minimum Gasteiger partial charge on any atom is -0.494 e. The zero-order valence-electron chi connectivity index (χ0n) is 19.7. The second-order valence-electron chi connectivity index (χ2n) is 8.66. The summed E-state index contributed by atoms with van der Waals surface area (Å²) in [5.41, 5.74) is 0.569. The maximum atomic E-state index is 11.3. The molecule has 13 heteroatoms. The van der Waals surface area contributed by atoms with Crippen LogP contribution in [-0.2, 0) is 18.9 Å². The van der Waals surface area contributed by atoms with Crippen LogP contribution in [-0.4, -0.2) is 129 Å². The molecular formula is C23H34O13. The molecule has 2 saturated heterocycles. The molecule has 0 aliphatic carbocycles. The molecule has 0 saturated carbocycles. The summed E-state index contributed by atoms with van der Waals surface area (Å²) in [7, 11) is 0. The number of rotatable bonds is 11. The van der Waals surface area contributed by atoms with Crippen LogP contribution in [0.4, 0.5) is 0 Å². The quantitative estimate of drug-likeness (QED) is 0.118. The van der Waals surface area contributed by atoms with Gasteiger partial charge in [-0.05, 0) is 31.2 Å². The second kappa shape index (κ2) is 13.2. The Balaban J connectivity index is 1.49. The van der Waals surface area contributed by atoms with Gasteiger partial charge in [-0.15, -0.1) is 0 Å². The van der Waals surface area contributed by atoms with Crippen LogP contribution in [0.25, 0.3) is 0 Å². The topological polar surface area (TPSA) is 205 Å². The van der Waals surface area contributed by atoms with E-state index >= 15 is 0 Å². The van der Waals surface area contributed by atoms with E-state index in [4.69, 9.17) is 23.7 Å². The molecule has 7 N–H and O–H groups in total. The van der Waals surface area contributed by atoms with E-state index in [1.165, 1.54) is 6.92 Å². The van der Waals surface area contributed by atoms with Gasteiger partial charge in [-0.3, -0.25) is 4.79 Å². The van der Waals surface area contributed by atoms with Crippen molar-refractivity contribution in [3.63, 3.8) is 0 Å². The molecular weight excluding hydrogens is 484 g/mol. The Morgan fingerprint density at radius 2 is 1.42 bits per heavy atom. The lowest BCUT2D eigenvalue weighted by molar-refractivity contribution is -0.359. The smallest absolute Gasteiger partial charge is 0.187 e. The number of aliphatic hydroxyl groups excluding tert-OH is 7. The first-order valence-electron chi connectivity index (χ1n) is 11.6. The zero-order chi connectivity index (χ0) is 26.4. The van der Waals surface area contributed by atoms with E-state index in [1.54, 1.807) is 24.3 Å². The molecule has 1 aromatic carbocycles. The molecule has 0 aromatic heterocycles. The molecule has 36 heavy (non-hydrogen) atoms. The third kappa shape index (κ3) is 6.76. The van der Waals surface area contributed by atoms with Crippen molar-refractivity contribution in [2.75, 3.05) is 26.4 Å². The number of aliphatic hydroxyl groups is 7. The molecule has 0 unspecified atom stereocenters. The summed E-state index contributed by atoms with van der Waals surface area (Å²) in [6.45, 7) is 0.486. The number of hydrogen-bond donors (Lipinski definition) is 7.